The van der Waals surface area contributed by atoms with Crippen molar-refractivity contribution in [3.8, 4) is 5.75 Å². The predicted molar refractivity (Wildman–Crippen MR) is 114 cm³/mol. The van der Waals surface area contributed by atoms with Gasteiger partial charge in [0.2, 0.25) is 0 Å². The molecule has 12 heteroatoms. The van der Waals surface area contributed by atoms with Crippen LogP contribution in [0.15, 0.2) is 53.4 Å². The minimum Gasteiger partial charge on any atom is -0.444 e. The molecular weight excluding hydrogens is 442 g/mol. The zero-order chi connectivity index (χ0) is 23.9. The topological polar surface area (TPSA) is 154 Å². The van der Waals surface area contributed by atoms with E-state index in [4.69, 9.17) is 8.92 Å². The van der Waals surface area contributed by atoms with Crippen LogP contribution in [-0.2, 0) is 14.9 Å². The second-order valence-corrected chi connectivity index (χ2v) is 9.05. The van der Waals surface area contributed by atoms with Gasteiger partial charge in [0.25, 0.3) is 11.6 Å². The zero-order valence-corrected chi connectivity index (χ0v) is 18.5. The number of rotatable bonds is 8. The molecule has 0 aliphatic heterocycles. The molecule has 2 N–H and O–H groups in total. The quantitative estimate of drug-likeness (QED) is 0.261. The molecule has 2 aromatic carbocycles. The molecule has 0 fully saturated rings. The van der Waals surface area contributed by atoms with Crippen LogP contribution < -0.4 is 14.8 Å². The summed E-state index contributed by atoms with van der Waals surface area (Å²) in [7, 11) is -4.30. The average Bonchev–Trinajstić information content (AvgIpc) is 2.70. The van der Waals surface area contributed by atoms with Gasteiger partial charge in [-0.1, -0.05) is 6.07 Å². The number of non-ortho nitro benzene ring substituents is 1. The number of alkyl carbamates (subject to hydrolysis) is 1. The normalized spacial score (nSPS) is 11.3. The van der Waals surface area contributed by atoms with Gasteiger partial charge in [0, 0.05) is 30.8 Å². The van der Waals surface area contributed by atoms with Crippen LogP contribution in [0.4, 0.5) is 10.5 Å². The number of ether oxygens (including phenoxy) is 1. The van der Waals surface area contributed by atoms with Crippen LogP contribution in [0.25, 0.3) is 0 Å². The van der Waals surface area contributed by atoms with Crippen molar-refractivity contribution < 1.29 is 31.9 Å². The fraction of sp³-hybridized carbons (Fsp3) is 0.300. The lowest BCUT2D eigenvalue weighted by atomic mass is 10.2. The molecule has 0 unspecified atom stereocenters. The highest BCUT2D eigenvalue weighted by molar-refractivity contribution is 7.87. The molecule has 11 nitrogen and oxygen atoms in total. The van der Waals surface area contributed by atoms with Gasteiger partial charge in [-0.25, -0.2) is 4.79 Å². The number of benzene rings is 2. The van der Waals surface area contributed by atoms with Crippen molar-refractivity contribution in [2.24, 2.45) is 0 Å². The van der Waals surface area contributed by atoms with E-state index in [1.165, 1.54) is 36.4 Å². The van der Waals surface area contributed by atoms with Crippen LogP contribution in [0.2, 0.25) is 0 Å². The smallest absolute Gasteiger partial charge is 0.407 e. The molecule has 2 amide bonds. The number of amides is 2. The summed E-state index contributed by atoms with van der Waals surface area (Å²) in [5.41, 5.74) is -0.773. The van der Waals surface area contributed by atoms with Gasteiger partial charge in [0.15, 0.2) is 0 Å². The van der Waals surface area contributed by atoms with E-state index < -0.39 is 32.6 Å². The molecule has 172 valence electrons. The highest BCUT2D eigenvalue weighted by Crippen LogP contribution is 2.22. The Morgan fingerprint density at radius 1 is 1.03 bits per heavy atom. The van der Waals surface area contributed by atoms with E-state index in [1.807, 2.05) is 0 Å². The van der Waals surface area contributed by atoms with Crippen molar-refractivity contribution in [3.63, 3.8) is 0 Å². The maximum Gasteiger partial charge on any atom is 0.407 e. The molecule has 32 heavy (non-hydrogen) atoms. The Balaban J connectivity index is 1.91. The summed E-state index contributed by atoms with van der Waals surface area (Å²) in [5, 5.41) is 15.9. The van der Waals surface area contributed by atoms with Gasteiger partial charge in [-0.05, 0) is 51.1 Å². The molecule has 0 saturated heterocycles. The average molecular weight is 465 g/mol. The number of carbonyl (C=O) groups is 2. The monoisotopic (exact) mass is 465 g/mol. The van der Waals surface area contributed by atoms with Crippen LogP contribution >= 0.6 is 0 Å². The Kier molecular flexibility index (Phi) is 7.76. The van der Waals surface area contributed by atoms with Crippen molar-refractivity contribution in [1.82, 2.24) is 10.6 Å². The van der Waals surface area contributed by atoms with Crippen molar-refractivity contribution in [3.05, 3.63) is 64.2 Å². The molecule has 0 spiro atoms. The van der Waals surface area contributed by atoms with Gasteiger partial charge in [0.1, 0.15) is 16.2 Å². The van der Waals surface area contributed by atoms with E-state index in [9.17, 15) is 28.1 Å². The fourth-order valence-electron chi connectivity index (χ4n) is 2.35. The SMILES string of the molecule is CC(C)(C)OC(=O)NCCNC(=O)c1ccc(OS(=O)(=O)c2cccc([N+](=O)[O-])c2)cc1. The molecule has 0 bridgehead atoms. The maximum atomic E-state index is 12.3. The van der Waals surface area contributed by atoms with Crippen molar-refractivity contribution >= 4 is 27.8 Å². The minimum absolute atomic E-state index is 0.0698. The van der Waals surface area contributed by atoms with E-state index in [1.54, 1.807) is 20.8 Å². The van der Waals surface area contributed by atoms with Crippen LogP contribution in [0.3, 0.4) is 0 Å². The third kappa shape index (κ3) is 7.54. The van der Waals surface area contributed by atoms with Gasteiger partial charge < -0.3 is 19.6 Å². The van der Waals surface area contributed by atoms with E-state index >= 15 is 0 Å². The largest absolute Gasteiger partial charge is 0.444 e. The van der Waals surface area contributed by atoms with Crippen molar-refractivity contribution in [1.29, 1.82) is 0 Å². The molecule has 0 aliphatic rings. The molecule has 0 radical (unpaired) electrons. The molecule has 0 heterocycles. The summed E-state index contributed by atoms with van der Waals surface area (Å²) in [5.74, 6) is -0.510. The van der Waals surface area contributed by atoms with Gasteiger partial charge in [-0.2, -0.15) is 8.42 Å². The lowest BCUT2D eigenvalue weighted by Crippen LogP contribution is -2.37. The Labute approximate surface area is 185 Å². The molecule has 2 rings (SSSR count). The van der Waals surface area contributed by atoms with Crippen LogP contribution in [0, 0.1) is 10.1 Å². The molecule has 0 aromatic heterocycles. The molecule has 0 saturated carbocycles. The highest BCUT2D eigenvalue weighted by Gasteiger charge is 2.20. The first-order chi connectivity index (χ1) is 14.9. The van der Waals surface area contributed by atoms with Crippen LogP contribution in [-0.4, -0.2) is 44.0 Å². The molecule has 0 aliphatic carbocycles. The van der Waals surface area contributed by atoms with E-state index in [2.05, 4.69) is 10.6 Å². The van der Waals surface area contributed by atoms with Crippen molar-refractivity contribution in [2.75, 3.05) is 13.1 Å². The van der Waals surface area contributed by atoms with Gasteiger partial charge in [-0.3, -0.25) is 14.9 Å². The number of nitro benzene ring substituents is 1. The molecular formula is C20H23N3O8S. The first-order valence-electron chi connectivity index (χ1n) is 9.41. The summed E-state index contributed by atoms with van der Waals surface area (Å²) in [6.45, 7) is 5.50. The summed E-state index contributed by atoms with van der Waals surface area (Å²) >= 11 is 0. The Morgan fingerprint density at radius 2 is 1.66 bits per heavy atom. The van der Waals surface area contributed by atoms with Gasteiger partial charge in [-0.15, -0.1) is 0 Å². The summed E-state index contributed by atoms with van der Waals surface area (Å²) in [6, 6.07) is 9.74. The van der Waals surface area contributed by atoms with E-state index in [0.717, 1.165) is 12.1 Å². The Hall–Kier alpha value is -3.67. The number of hydrogen-bond acceptors (Lipinski definition) is 8. The molecule has 0 atom stereocenters. The number of hydrogen-bond donors (Lipinski definition) is 2. The second kappa shape index (κ2) is 10.1. The van der Waals surface area contributed by atoms with Crippen LogP contribution in [0.5, 0.6) is 5.75 Å². The number of carbonyl (C=O) groups excluding carboxylic acids is 2. The van der Waals surface area contributed by atoms with Gasteiger partial charge in [0.05, 0.1) is 4.92 Å². The van der Waals surface area contributed by atoms with E-state index in [-0.39, 0.29) is 35.0 Å². The lowest BCUT2D eigenvalue weighted by Gasteiger charge is -2.19. The predicted octanol–water partition coefficient (Wildman–Crippen LogP) is 2.62. The zero-order valence-electron chi connectivity index (χ0n) is 17.7. The first kappa shape index (κ1) is 24.6. The fourth-order valence-corrected chi connectivity index (χ4v) is 3.32. The molecule has 2 aromatic rings. The highest BCUT2D eigenvalue weighted by atomic mass is 32.2. The standard InChI is InChI=1S/C20H23N3O8S/c1-20(2,3)30-19(25)22-12-11-21-18(24)14-7-9-16(10-8-14)31-32(28,29)17-6-4-5-15(13-17)23(26)27/h4-10,13H,11-12H2,1-3H3,(H,21,24)(H,22,25). The van der Waals surface area contributed by atoms with Gasteiger partial charge >= 0.3 is 16.2 Å². The minimum atomic E-state index is -4.30. The maximum absolute atomic E-state index is 12.3. The van der Waals surface area contributed by atoms with Crippen LogP contribution in [0.1, 0.15) is 31.1 Å². The Morgan fingerprint density at radius 3 is 2.25 bits per heavy atom. The van der Waals surface area contributed by atoms with Crippen molar-refractivity contribution in [2.45, 2.75) is 31.3 Å². The summed E-state index contributed by atoms with van der Waals surface area (Å²) in [4.78, 5) is 33.4. The number of nitrogens with zero attached hydrogens (tertiary/aromatic N) is 1. The third-order valence-corrected chi connectivity index (χ3v) is 4.96. The lowest BCUT2D eigenvalue weighted by molar-refractivity contribution is -0.385. The summed E-state index contributed by atoms with van der Waals surface area (Å²) in [6.07, 6.45) is -0.599. The first-order valence-corrected chi connectivity index (χ1v) is 10.8. The number of nitro groups is 1. The Bertz CT molecular complexity index is 1090. The van der Waals surface area contributed by atoms with E-state index in [0.29, 0.717) is 0 Å². The summed E-state index contributed by atoms with van der Waals surface area (Å²) < 4.78 is 34.7. The number of nitrogens with one attached hydrogen (secondary N) is 2. The second-order valence-electron chi connectivity index (χ2n) is 7.50. The third-order valence-electron chi connectivity index (χ3n) is 3.72.